The fourth-order valence-corrected chi connectivity index (χ4v) is 5.95. The molecule has 0 saturated heterocycles. The first kappa shape index (κ1) is 21.6. The summed E-state index contributed by atoms with van der Waals surface area (Å²) in [5, 5.41) is -4.40. The SMILES string of the molecule is C=C(COCCC(F)(F)S(=O)(=O)[O-])C(=O)OC1(CC)C2CC3CC(C2)CC1C3. The molecule has 0 radical (unpaired) electrons. The van der Waals surface area contributed by atoms with Gasteiger partial charge in [-0.05, 0) is 62.2 Å². The predicted molar refractivity (Wildman–Crippen MR) is 95.4 cm³/mol. The Hall–Kier alpha value is -1.06. The number of hydrogen-bond donors (Lipinski definition) is 0. The lowest BCUT2D eigenvalue weighted by atomic mass is 9.49. The van der Waals surface area contributed by atoms with E-state index in [4.69, 9.17) is 9.47 Å². The molecular weight excluding hydrogens is 394 g/mol. The molecule has 4 aliphatic rings. The zero-order valence-electron chi connectivity index (χ0n) is 16.0. The average molecular weight is 421 g/mol. The van der Waals surface area contributed by atoms with Gasteiger partial charge in [0.1, 0.15) is 5.60 Å². The van der Waals surface area contributed by atoms with Crippen LogP contribution >= 0.6 is 0 Å². The van der Waals surface area contributed by atoms with Gasteiger partial charge >= 0.3 is 11.2 Å². The van der Waals surface area contributed by atoms with Crippen molar-refractivity contribution < 1.29 is 36.0 Å². The Morgan fingerprint density at radius 3 is 2.18 bits per heavy atom. The van der Waals surface area contributed by atoms with E-state index < -0.39 is 40.0 Å². The smallest absolute Gasteiger partial charge is 0.336 e. The number of carbonyl (C=O) groups is 1. The topological polar surface area (TPSA) is 92.7 Å². The van der Waals surface area contributed by atoms with Crippen LogP contribution in [-0.4, -0.2) is 43.0 Å². The van der Waals surface area contributed by atoms with Crippen LogP contribution in [0.15, 0.2) is 12.2 Å². The van der Waals surface area contributed by atoms with Crippen LogP contribution in [0.3, 0.4) is 0 Å². The summed E-state index contributed by atoms with van der Waals surface area (Å²) in [5.74, 6) is 1.56. The molecule has 160 valence electrons. The van der Waals surface area contributed by atoms with Gasteiger partial charge in [0.15, 0.2) is 10.1 Å². The van der Waals surface area contributed by atoms with Gasteiger partial charge in [-0.15, -0.1) is 0 Å². The van der Waals surface area contributed by atoms with Crippen molar-refractivity contribution in [1.29, 1.82) is 0 Å². The molecule has 4 bridgehead atoms. The van der Waals surface area contributed by atoms with E-state index in [9.17, 15) is 26.5 Å². The third kappa shape index (κ3) is 3.98. The lowest BCUT2D eigenvalue weighted by Crippen LogP contribution is -2.59. The maximum absolute atomic E-state index is 13.1. The first-order chi connectivity index (χ1) is 13.0. The van der Waals surface area contributed by atoms with Crippen LogP contribution in [-0.2, 0) is 24.4 Å². The van der Waals surface area contributed by atoms with Gasteiger partial charge in [-0.25, -0.2) is 13.2 Å². The lowest BCUT2D eigenvalue weighted by Gasteiger charge is -2.60. The van der Waals surface area contributed by atoms with Crippen molar-refractivity contribution in [2.24, 2.45) is 23.7 Å². The Kier molecular flexibility index (Phi) is 5.91. The minimum atomic E-state index is -5.74. The maximum atomic E-state index is 13.1. The van der Waals surface area contributed by atoms with Crippen molar-refractivity contribution in [3.05, 3.63) is 12.2 Å². The van der Waals surface area contributed by atoms with Gasteiger partial charge in [-0.1, -0.05) is 13.5 Å². The predicted octanol–water partition coefficient (Wildman–Crippen LogP) is 3.24. The zero-order chi connectivity index (χ0) is 20.7. The van der Waals surface area contributed by atoms with Crippen molar-refractivity contribution in [3.63, 3.8) is 0 Å². The summed E-state index contributed by atoms with van der Waals surface area (Å²) < 4.78 is 68.4. The van der Waals surface area contributed by atoms with Gasteiger partial charge in [-0.3, -0.25) is 0 Å². The third-order valence-electron chi connectivity index (χ3n) is 6.82. The second-order valence-corrected chi connectivity index (χ2v) is 10.0. The number of ether oxygens (including phenoxy) is 2. The van der Waals surface area contributed by atoms with Crippen LogP contribution in [0.2, 0.25) is 0 Å². The summed E-state index contributed by atoms with van der Waals surface area (Å²) in [6.45, 7) is 4.61. The fraction of sp³-hybridized carbons (Fsp3) is 0.842. The number of alkyl halides is 2. The molecule has 0 aliphatic heterocycles. The molecule has 0 heterocycles. The first-order valence-electron chi connectivity index (χ1n) is 9.80. The standard InChI is InChI=1S/C19H28F2O6S/c1-3-18(15-7-13-6-14(9-15)10-16(18)8-13)27-17(22)12(2)11-26-5-4-19(20,21)28(23,24)25/h13-16H,2-11H2,1H3,(H,23,24,25)/p-1. The van der Waals surface area contributed by atoms with Gasteiger partial charge in [0.25, 0.3) is 0 Å². The van der Waals surface area contributed by atoms with E-state index in [1.165, 1.54) is 6.42 Å². The molecule has 4 rings (SSSR count). The zero-order valence-corrected chi connectivity index (χ0v) is 16.8. The third-order valence-corrected chi connectivity index (χ3v) is 7.76. The molecule has 4 fully saturated rings. The minimum absolute atomic E-state index is 0.00470. The number of carbonyl (C=O) groups excluding carboxylic acids is 1. The normalized spacial score (nSPS) is 34.4. The highest BCUT2D eigenvalue weighted by molar-refractivity contribution is 7.86. The Balaban J connectivity index is 1.52. The van der Waals surface area contributed by atoms with Gasteiger partial charge in [-0.2, -0.15) is 8.78 Å². The second kappa shape index (κ2) is 7.65. The van der Waals surface area contributed by atoms with Gasteiger partial charge < -0.3 is 14.0 Å². The monoisotopic (exact) mass is 421 g/mol. The molecule has 0 spiro atoms. The molecule has 0 aromatic rings. The van der Waals surface area contributed by atoms with Crippen LogP contribution in [0, 0.1) is 23.7 Å². The van der Waals surface area contributed by atoms with Crippen LogP contribution < -0.4 is 0 Å². The van der Waals surface area contributed by atoms with E-state index in [1.54, 1.807) is 0 Å². The Labute approximate surface area is 164 Å². The van der Waals surface area contributed by atoms with E-state index in [2.05, 4.69) is 6.58 Å². The Morgan fingerprint density at radius 1 is 1.18 bits per heavy atom. The van der Waals surface area contributed by atoms with Crippen molar-refractivity contribution in [2.45, 2.75) is 62.7 Å². The summed E-state index contributed by atoms with van der Waals surface area (Å²) in [5.41, 5.74) is -0.494. The number of hydrogen-bond acceptors (Lipinski definition) is 6. The molecule has 0 aromatic heterocycles. The summed E-state index contributed by atoms with van der Waals surface area (Å²) in [6.07, 6.45) is 5.06. The Morgan fingerprint density at radius 2 is 1.71 bits per heavy atom. The van der Waals surface area contributed by atoms with Crippen molar-refractivity contribution in [3.8, 4) is 0 Å². The molecule has 6 nitrogen and oxygen atoms in total. The lowest BCUT2D eigenvalue weighted by molar-refractivity contribution is -0.207. The first-order valence-corrected chi connectivity index (χ1v) is 11.2. The van der Waals surface area contributed by atoms with Crippen LogP contribution in [0.4, 0.5) is 8.78 Å². The van der Waals surface area contributed by atoms with E-state index >= 15 is 0 Å². The molecule has 28 heavy (non-hydrogen) atoms. The second-order valence-electron chi connectivity index (χ2n) is 8.50. The molecular formula is C19H27F2O6S-. The molecule has 0 unspecified atom stereocenters. The van der Waals surface area contributed by atoms with E-state index in [0.29, 0.717) is 11.8 Å². The van der Waals surface area contributed by atoms with Crippen LogP contribution in [0.1, 0.15) is 51.9 Å². The molecule has 0 atom stereocenters. The number of esters is 1. The fourth-order valence-electron chi connectivity index (χ4n) is 5.61. The van der Waals surface area contributed by atoms with Crippen molar-refractivity contribution in [2.75, 3.05) is 13.2 Å². The molecule has 9 heteroatoms. The summed E-state index contributed by atoms with van der Waals surface area (Å²) in [6, 6.07) is 0. The van der Waals surface area contributed by atoms with Crippen molar-refractivity contribution >= 4 is 16.1 Å². The van der Waals surface area contributed by atoms with E-state index in [1.807, 2.05) is 6.92 Å². The molecule has 0 aromatic carbocycles. The molecule has 4 aliphatic carbocycles. The Bertz CT molecular complexity index is 705. The van der Waals surface area contributed by atoms with Crippen LogP contribution in [0.5, 0.6) is 0 Å². The minimum Gasteiger partial charge on any atom is -0.743 e. The number of rotatable bonds is 9. The summed E-state index contributed by atoms with van der Waals surface area (Å²) >= 11 is 0. The molecule has 0 N–H and O–H groups in total. The van der Waals surface area contributed by atoms with Crippen LogP contribution in [0.25, 0.3) is 0 Å². The van der Waals surface area contributed by atoms with Gasteiger partial charge in [0.2, 0.25) is 0 Å². The molecule has 4 saturated carbocycles. The van der Waals surface area contributed by atoms with Crippen molar-refractivity contribution in [1.82, 2.24) is 0 Å². The maximum Gasteiger partial charge on any atom is 0.336 e. The van der Waals surface area contributed by atoms with Gasteiger partial charge in [0.05, 0.1) is 18.8 Å². The van der Waals surface area contributed by atoms with Gasteiger partial charge in [0, 0.05) is 6.42 Å². The highest BCUT2D eigenvalue weighted by Crippen LogP contribution is 2.60. The van der Waals surface area contributed by atoms with E-state index in [-0.39, 0.29) is 12.2 Å². The highest BCUT2D eigenvalue weighted by Gasteiger charge is 2.58. The average Bonchev–Trinajstić information content (AvgIpc) is 2.60. The largest absolute Gasteiger partial charge is 0.743 e. The molecule has 0 amide bonds. The van der Waals surface area contributed by atoms with E-state index in [0.717, 1.165) is 43.9 Å². The highest BCUT2D eigenvalue weighted by atomic mass is 32.2. The number of halogens is 2. The summed E-state index contributed by atoms with van der Waals surface area (Å²) in [7, 11) is -5.74. The quantitative estimate of drug-likeness (QED) is 0.246. The summed E-state index contributed by atoms with van der Waals surface area (Å²) in [4.78, 5) is 12.6.